The van der Waals surface area contributed by atoms with E-state index < -0.39 is 0 Å². The first kappa shape index (κ1) is 15.5. The molecule has 1 aromatic rings. The number of nitrogens with one attached hydrogen (secondary N) is 1. The number of amides is 1. The number of thioether (sulfide) groups is 1. The van der Waals surface area contributed by atoms with E-state index in [9.17, 15) is 4.79 Å². The molecule has 1 rings (SSSR count). The van der Waals surface area contributed by atoms with Crippen LogP contribution in [0, 0.1) is 11.8 Å². The minimum absolute atomic E-state index is 0.0139. The zero-order valence-corrected chi connectivity index (χ0v) is 12.0. The summed E-state index contributed by atoms with van der Waals surface area (Å²) < 4.78 is 0. The van der Waals surface area contributed by atoms with Crippen molar-refractivity contribution in [2.24, 2.45) is 0 Å². The van der Waals surface area contributed by atoms with Crippen molar-refractivity contribution in [2.45, 2.75) is 18.6 Å². The maximum atomic E-state index is 12.1. The molecule has 0 aliphatic carbocycles. The van der Waals surface area contributed by atoms with E-state index in [2.05, 4.69) is 29.1 Å². The summed E-state index contributed by atoms with van der Waals surface area (Å²) in [5, 5.41) is 11.9. The van der Waals surface area contributed by atoms with Gasteiger partial charge in [-0.25, -0.2) is 0 Å². The van der Waals surface area contributed by atoms with E-state index in [0.717, 1.165) is 0 Å². The fourth-order valence-corrected chi connectivity index (χ4v) is 1.57. The molecule has 1 unspecified atom stereocenters. The molecule has 19 heavy (non-hydrogen) atoms. The van der Waals surface area contributed by atoms with Gasteiger partial charge in [0.2, 0.25) is 0 Å². The van der Waals surface area contributed by atoms with E-state index in [4.69, 9.17) is 5.11 Å². The molecule has 1 aromatic heterocycles. The maximum Gasteiger partial charge on any atom is 0.252 e. The second kappa shape index (κ2) is 8.57. The summed E-state index contributed by atoms with van der Waals surface area (Å²) in [7, 11) is 0. The van der Waals surface area contributed by atoms with Gasteiger partial charge in [0.15, 0.2) is 0 Å². The van der Waals surface area contributed by atoms with Crippen LogP contribution in [0.4, 0.5) is 0 Å². The molecule has 0 spiro atoms. The quantitative estimate of drug-likeness (QED) is 0.797. The van der Waals surface area contributed by atoms with E-state index in [1.54, 1.807) is 30.2 Å². The third kappa shape index (κ3) is 5.33. The molecule has 0 fully saturated rings. The molecular formula is C14H18N2O2S. The normalized spacial score (nSPS) is 11.3. The summed E-state index contributed by atoms with van der Waals surface area (Å²) in [6, 6.07) is 1.65. The summed E-state index contributed by atoms with van der Waals surface area (Å²) in [6.07, 6.45) is 5.54. The second-order valence-corrected chi connectivity index (χ2v) is 5.23. The van der Waals surface area contributed by atoms with Crippen molar-refractivity contribution in [3.63, 3.8) is 0 Å². The maximum absolute atomic E-state index is 12.1. The van der Waals surface area contributed by atoms with Crippen molar-refractivity contribution < 1.29 is 9.90 Å². The van der Waals surface area contributed by atoms with Crippen LogP contribution in [0.3, 0.4) is 0 Å². The number of hydrogen-bond acceptors (Lipinski definition) is 4. The van der Waals surface area contributed by atoms with E-state index in [1.807, 2.05) is 6.26 Å². The molecule has 0 saturated heterocycles. The Labute approximate surface area is 118 Å². The number of aliphatic hydroxyl groups is 1. The monoisotopic (exact) mass is 278 g/mol. The highest BCUT2D eigenvalue weighted by atomic mass is 32.2. The van der Waals surface area contributed by atoms with Gasteiger partial charge in [0, 0.05) is 30.6 Å². The molecule has 0 aromatic carbocycles. The molecule has 5 heteroatoms. The molecule has 1 amide bonds. The molecule has 0 aliphatic rings. The number of nitrogens with zero attached hydrogens (tertiary/aromatic N) is 1. The van der Waals surface area contributed by atoms with Crippen LogP contribution in [0.25, 0.3) is 0 Å². The summed E-state index contributed by atoms with van der Waals surface area (Å²) in [6.45, 7) is 2.69. The largest absolute Gasteiger partial charge is 0.395 e. The Bertz CT molecular complexity index is 480. The van der Waals surface area contributed by atoms with Crippen LogP contribution in [0.15, 0.2) is 18.5 Å². The van der Waals surface area contributed by atoms with Crippen LogP contribution in [0.5, 0.6) is 0 Å². The fourth-order valence-electron chi connectivity index (χ4n) is 1.32. The van der Waals surface area contributed by atoms with Crippen LogP contribution in [-0.4, -0.2) is 40.7 Å². The van der Waals surface area contributed by atoms with Gasteiger partial charge in [-0.3, -0.25) is 9.78 Å². The van der Waals surface area contributed by atoms with Gasteiger partial charge in [-0.2, -0.15) is 11.8 Å². The van der Waals surface area contributed by atoms with Crippen LogP contribution >= 0.6 is 11.8 Å². The molecule has 0 radical (unpaired) electrons. The second-order valence-electron chi connectivity index (χ2n) is 3.95. The molecule has 0 bridgehead atoms. The Hall–Kier alpha value is -1.51. The number of rotatable bonds is 5. The van der Waals surface area contributed by atoms with Crippen molar-refractivity contribution >= 4 is 17.7 Å². The molecule has 2 N–H and O–H groups in total. The number of pyridine rings is 1. The van der Waals surface area contributed by atoms with Crippen LogP contribution in [-0.2, 0) is 0 Å². The Morgan fingerprint density at radius 2 is 2.42 bits per heavy atom. The number of hydrogen-bond donors (Lipinski definition) is 2. The van der Waals surface area contributed by atoms with E-state index in [0.29, 0.717) is 29.3 Å². The fraction of sp³-hybridized carbons (Fsp3) is 0.429. The Balaban J connectivity index is 2.77. The lowest BCUT2D eigenvalue weighted by molar-refractivity contribution is 0.0954. The third-order valence-electron chi connectivity index (χ3n) is 2.48. The van der Waals surface area contributed by atoms with Crippen molar-refractivity contribution in [1.29, 1.82) is 0 Å². The summed E-state index contributed by atoms with van der Waals surface area (Å²) in [4.78, 5) is 16.0. The summed E-state index contributed by atoms with van der Waals surface area (Å²) >= 11 is 1.70. The Kier molecular flexibility index (Phi) is 7.01. The zero-order chi connectivity index (χ0) is 14.1. The molecular weight excluding hydrogens is 260 g/mol. The van der Waals surface area contributed by atoms with Gasteiger partial charge < -0.3 is 10.4 Å². The first-order valence-electron chi connectivity index (χ1n) is 6.03. The zero-order valence-electron chi connectivity index (χ0n) is 11.1. The Morgan fingerprint density at radius 3 is 3.11 bits per heavy atom. The SMILES string of the molecule is CSC(C)CNC(=O)c1ccncc1C#CCCO. The van der Waals surface area contributed by atoms with Gasteiger partial charge in [0.05, 0.1) is 17.7 Å². The highest BCUT2D eigenvalue weighted by molar-refractivity contribution is 7.99. The van der Waals surface area contributed by atoms with Crippen LogP contribution in [0.1, 0.15) is 29.3 Å². The smallest absolute Gasteiger partial charge is 0.252 e. The molecule has 0 saturated carbocycles. The lowest BCUT2D eigenvalue weighted by atomic mass is 10.1. The van der Waals surface area contributed by atoms with Crippen molar-refractivity contribution in [1.82, 2.24) is 10.3 Å². The van der Waals surface area contributed by atoms with E-state index >= 15 is 0 Å². The minimum atomic E-state index is -0.142. The number of aliphatic hydroxyl groups excluding tert-OH is 1. The van der Waals surface area contributed by atoms with Gasteiger partial charge in [-0.15, -0.1) is 0 Å². The average Bonchev–Trinajstić information content (AvgIpc) is 2.45. The molecule has 1 atom stereocenters. The highest BCUT2D eigenvalue weighted by Crippen LogP contribution is 2.07. The molecule has 102 valence electrons. The van der Waals surface area contributed by atoms with Gasteiger partial charge in [0.1, 0.15) is 0 Å². The molecule has 4 nitrogen and oxygen atoms in total. The van der Waals surface area contributed by atoms with Crippen molar-refractivity contribution in [3.8, 4) is 11.8 Å². The molecule has 0 aliphatic heterocycles. The van der Waals surface area contributed by atoms with Crippen LogP contribution in [0.2, 0.25) is 0 Å². The van der Waals surface area contributed by atoms with Gasteiger partial charge >= 0.3 is 0 Å². The van der Waals surface area contributed by atoms with Gasteiger partial charge in [-0.1, -0.05) is 18.8 Å². The number of aromatic nitrogens is 1. The minimum Gasteiger partial charge on any atom is -0.395 e. The van der Waals surface area contributed by atoms with E-state index in [-0.39, 0.29) is 12.5 Å². The lowest BCUT2D eigenvalue weighted by Crippen LogP contribution is -2.29. The summed E-state index contributed by atoms with van der Waals surface area (Å²) in [5.74, 6) is 5.51. The first-order valence-corrected chi connectivity index (χ1v) is 7.32. The van der Waals surface area contributed by atoms with Gasteiger partial charge in [-0.05, 0) is 12.3 Å². The summed E-state index contributed by atoms with van der Waals surface area (Å²) in [5.41, 5.74) is 1.11. The lowest BCUT2D eigenvalue weighted by Gasteiger charge is -2.10. The highest BCUT2D eigenvalue weighted by Gasteiger charge is 2.10. The average molecular weight is 278 g/mol. The van der Waals surface area contributed by atoms with Gasteiger partial charge in [0.25, 0.3) is 5.91 Å². The Morgan fingerprint density at radius 1 is 1.63 bits per heavy atom. The molecule has 1 heterocycles. The topological polar surface area (TPSA) is 62.2 Å². The van der Waals surface area contributed by atoms with Crippen molar-refractivity contribution in [2.75, 3.05) is 19.4 Å². The predicted octanol–water partition coefficient (Wildman–Crippen LogP) is 1.30. The van der Waals surface area contributed by atoms with Crippen LogP contribution < -0.4 is 5.32 Å². The number of carbonyl (C=O) groups is 1. The van der Waals surface area contributed by atoms with Crippen molar-refractivity contribution in [3.05, 3.63) is 29.6 Å². The number of carbonyl (C=O) groups excluding carboxylic acids is 1. The standard InChI is InChI=1S/C14H18N2O2S/c1-11(19-2)9-16-14(18)13-6-7-15-10-12(13)5-3-4-8-17/h6-7,10-11,17H,4,8-9H2,1-2H3,(H,16,18). The van der Waals surface area contributed by atoms with E-state index in [1.165, 1.54) is 0 Å². The predicted molar refractivity (Wildman–Crippen MR) is 78.1 cm³/mol. The first-order chi connectivity index (χ1) is 9.19. The third-order valence-corrected chi connectivity index (χ3v) is 3.45.